The molecule has 9 heteroatoms. The zero-order chi connectivity index (χ0) is 18.7. The number of likely N-dealkylation sites (tertiary alicyclic amines) is 1. The third kappa shape index (κ3) is 4.39. The molecule has 1 saturated heterocycles. The number of aromatic nitrogens is 2. The lowest BCUT2D eigenvalue weighted by Crippen LogP contribution is -2.42. The molecule has 2 heterocycles. The van der Waals surface area contributed by atoms with Crippen molar-refractivity contribution in [3.63, 3.8) is 0 Å². The third-order valence-corrected chi connectivity index (χ3v) is 6.65. The molecule has 2 aromatic rings. The van der Waals surface area contributed by atoms with Crippen LogP contribution in [0.4, 0.5) is 0 Å². The van der Waals surface area contributed by atoms with Gasteiger partial charge in [0.05, 0.1) is 11.7 Å². The third-order valence-electron chi connectivity index (χ3n) is 4.62. The number of hydrogen-bond donors (Lipinski definition) is 1. The summed E-state index contributed by atoms with van der Waals surface area (Å²) in [7, 11) is -3.67. The van der Waals surface area contributed by atoms with Crippen LogP contribution in [-0.4, -0.2) is 47.6 Å². The van der Waals surface area contributed by atoms with Crippen LogP contribution in [0.2, 0.25) is 0 Å². The van der Waals surface area contributed by atoms with E-state index in [2.05, 4.69) is 27.3 Å². The van der Waals surface area contributed by atoms with Crippen LogP contribution < -0.4 is 4.72 Å². The maximum atomic E-state index is 12.5. The van der Waals surface area contributed by atoms with Crippen molar-refractivity contribution in [1.82, 2.24) is 18.4 Å². The van der Waals surface area contributed by atoms with Crippen molar-refractivity contribution in [3.8, 4) is 0 Å². The Morgan fingerprint density at radius 2 is 2.00 bits per heavy atom. The quantitative estimate of drug-likeness (QED) is 0.756. The number of carbonyl (C=O) groups excluding carboxylic acids is 1. The van der Waals surface area contributed by atoms with E-state index < -0.39 is 10.0 Å². The summed E-state index contributed by atoms with van der Waals surface area (Å²) < 4.78 is 35.7. The Morgan fingerprint density at radius 1 is 1.27 bits per heavy atom. The van der Waals surface area contributed by atoms with E-state index in [1.54, 1.807) is 12.1 Å². The van der Waals surface area contributed by atoms with E-state index in [-0.39, 0.29) is 17.3 Å². The van der Waals surface area contributed by atoms with Gasteiger partial charge >= 0.3 is 0 Å². The predicted octanol–water partition coefficient (Wildman–Crippen LogP) is 2.25. The van der Waals surface area contributed by atoms with Crippen LogP contribution in [0.15, 0.2) is 23.1 Å². The smallest absolute Gasteiger partial charge is 0.242 e. The fourth-order valence-corrected chi connectivity index (χ4v) is 5.39. The summed E-state index contributed by atoms with van der Waals surface area (Å²) in [5.74, 6) is 1.15. The Hall–Kier alpha value is -1.58. The number of rotatable bonds is 6. The summed E-state index contributed by atoms with van der Waals surface area (Å²) in [6, 6.07) is 4.91. The minimum absolute atomic E-state index is 0.105. The topological polar surface area (TPSA) is 92.3 Å². The monoisotopic (exact) mass is 396 g/mol. The number of sulfonamides is 1. The van der Waals surface area contributed by atoms with Gasteiger partial charge in [0.15, 0.2) is 0 Å². The largest absolute Gasteiger partial charge is 0.342 e. The highest BCUT2D eigenvalue weighted by molar-refractivity contribution is 7.89. The fraction of sp³-hybridized carbons (Fsp3) is 0.588. The van der Waals surface area contributed by atoms with Gasteiger partial charge in [0.1, 0.15) is 15.9 Å². The van der Waals surface area contributed by atoms with E-state index in [1.165, 1.54) is 6.07 Å². The van der Waals surface area contributed by atoms with Gasteiger partial charge in [-0.25, -0.2) is 13.1 Å². The molecule has 0 aliphatic carbocycles. The molecule has 0 saturated carbocycles. The lowest BCUT2D eigenvalue weighted by Gasteiger charge is -2.35. The number of carbonyl (C=O) groups is 1. The summed E-state index contributed by atoms with van der Waals surface area (Å²) >= 11 is 0.989. The first-order valence-electron chi connectivity index (χ1n) is 8.85. The minimum Gasteiger partial charge on any atom is -0.342 e. The van der Waals surface area contributed by atoms with Gasteiger partial charge < -0.3 is 4.90 Å². The molecular weight excluding hydrogens is 372 g/mol. The Morgan fingerprint density at radius 3 is 2.73 bits per heavy atom. The van der Waals surface area contributed by atoms with Crippen molar-refractivity contribution >= 4 is 38.7 Å². The molecule has 1 aliphatic heterocycles. The molecule has 0 spiro atoms. The molecule has 2 unspecified atom stereocenters. The number of nitrogens with one attached hydrogen (secondary N) is 1. The van der Waals surface area contributed by atoms with Gasteiger partial charge in [0.25, 0.3) is 0 Å². The van der Waals surface area contributed by atoms with Crippen LogP contribution in [0.1, 0.15) is 33.1 Å². The first kappa shape index (κ1) is 19.2. The molecule has 142 valence electrons. The number of fused-ring (bicyclic) bond motifs is 1. The molecule has 0 bridgehead atoms. The number of nitrogens with zero attached hydrogens (tertiary/aromatic N) is 3. The molecule has 1 aromatic carbocycles. The highest BCUT2D eigenvalue weighted by Gasteiger charge is 2.25. The Kier molecular flexibility index (Phi) is 5.89. The van der Waals surface area contributed by atoms with Crippen LogP contribution in [0, 0.1) is 11.8 Å². The molecule has 1 amide bonds. The zero-order valence-corrected chi connectivity index (χ0v) is 16.6. The van der Waals surface area contributed by atoms with Gasteiger partial charge in [0.2, 0.25) is 15.9 Å². The number of amides is 1. The molecule has 0 radical (unpaired) electrons. The van der Waals surface area contributed by atoms with Crippen LogP contribution >= 0.6 is 11.7 Å². The lowest BCUT2D eigenvalue weighted by atomic mass is 9.91. The van der Waals surface area contributed by atoms with Crippen LogP contribution in [-0.2, 0) is 14.8 Å². The molecule has 1 N–H and O–H groups in total. The summed E-state index contributed by atoms with van der Waals surface area (Å²) in [5.41, 5.74) is 0.957. The Balaban J connectivity index is 1.53. The van der Waals surface area contributed by atoms with Crippen LogP contribution in [0.3, 0.4) is 0 Å². The second kappa shape index (κ2) is 7.98. The molecule has 2 atom stereocenters. The molecule has 3 rings (SSSR count). The van der Waals surface area contributed by atoms with Crippen molar-refractivity contribution in [2.45, 2.75) is 38.0 Å². The normalized spacial score (nSPS) is 21.2. The standard InChI is InChI=1S/C17H24N4O3S2/c1-12-9-13(2)11-21(10-12)16(22)7-4-8-18-26(23,24)15-6-3-5-14-17(15)20-25-19-14/h3,5-6,12-13,18H,4,7-11H2,1-2H3. The highest BCUT2D eigenvalue weighted by Crippen LogP contribution is 2.22. The zero-order valence-electron chi connectivity index (χ0n) is 15.0. The second-order valence-corrected chi connectivity index (χ2v) is 9.40. The SMILES string of the molecule is CC1CC(C)CN(C(=O)CCCNS(=O)(=O)c2cccc3nsnc23)C1. The highest BCUT2D eigenvalue weighted by atomic mass is 32.2. The Bertz CT molecular complexity index is 871. The van der Waals surface area contributed by atoms with Gasteiger partial charge in [-0.3, -0.25) is 4.79 Å². The Labute approximate surface area is 158 Å². The predicted molar refractivity (Wildman–Crippen MR) is 101 cm³/mol. The van der Waals surface area contributed by atoms with E-state index in [0.717, 1.165) is 31.2 Å². The van der Waals surface area contributed by atoms with E-state index in [9.17, 15) is 13.2 Å². The fourth-order valence-electron chi connectivity index (χ4n) is 3.55. The van der Waals surface area contributed by atoms with Crippen molar-refractivity contribution in [2.75, 3.05) is 19.6 Å². The van der Waals surface area contributed by atoms with Gasteiger partial charge in [-0.05, 0) is 36.8 Å². The molecule has 1 aromatic heterocycles. The molecule has 1 aliphatic rings. The number of hydrogen-bond acceptors (Lipinski definition) is 6. The first-order valence-corrected chi connectivity index (χ1v) is 11.1. The first-order chi connectivity index (χ1) is 12.4. The molecular formula is C17H24N4O3S2. The van der Waals surface area contributed by atoms with Gasteiger partial charge in [0, 0.05) is 26.1 Å². The van der Waals surface area contributed by atoms with Gasteiger partial charge in [-0.1, -0.05) is 19.9 Å². The van der Waals surface area contributed by atoms with E-state index >= 15 is 0 Å². The van der Waals surface area contributed by atoms with E-state index in [4.69, 9.17) is 0 Å². The number of benzene rings is 1. The van der Waals surface area contributed by atoms with E-state index in [0.29, 0.717) is 35.7 Å². The average Bonchev–Trinajstić information content (AvgIpc) is 3.06. The summed E-state index contributed by atoms with van der Waals surface area (Å²) in [6.45, 7) is 6.15. The average molecular weight is 397 g/mol. The lowest BCUT2D eigenvalue weighted by molar-refractivity contribution is -0.133. The molecule has 1 fully saturated rings. The van der Waals surface area contributed by atoms with Crippen LogP contribution in [0.25, 0.3) is 11.0 Å². The molecule has 26 heavy (non-hydrogen) atoms. The number of piperidine rings is 1. The van der Waals surface area contributed by atoms with Gasteiger partial charge in [-0.2, -0.15) is 8.75 Å². The summed E-state index contributed by atoms with van der Waals surface area (Å²) in [6.07, 6.45) is 1.98. The molecule has 7 nitrogen and oxygen atoms in total. The second-order valence-electron chi connectivity index (χ2n) is 7.13. The van der Waals surface area contributed by atoms with Crippen molar-refractivity contribution in [3.05, 3.63) is 18.2 Å². The summed E-state index contributed by atoms with van der Waals surface area (Å²) in [4.78, 5) is 14.4. The minimum atomic E-state index is -3.67. The maximum absolute atomic E-state index is 12.5. The summed E-state index contributed by atoms with van der Waals surface area (Å²) in [5, 5.41) is 0. The van der Waals surface area contributed by atoms with Crippen molar-refractivity contribution in [2.24, 2.45) is 11.8 Å². The van der Waals surface area contributed by atoms with Crippen molar-refractivity contribution in [1.29, 1.82) is 0 Å². The van der Waals surface area contributed by atoms with Gasteiger partial charge in [-0.15, -0.1) is 0 Å². The van der Waals surface area contributed by atoms with E-state index in [1.807, 2.05) is 4.90 Å². The van der Waals surface area contributed by atoms with Crippen LogP contribution in [0.5, 0.6) is 0 Å². The maximum Gasteiger partial charge on any atom is 0.242 e. The van der Waals surface area contributed by atoms with Crippen molar-refractivity contribution < 1.29 is 13.2 Å².